The number of hydrogen-bond donors (Lipinski definition) is 1. The maximum absolute atomic E-state index is 12.4. The van der Waals surface area contributed by atoms with E-state index in [4.69, 9.17) is 11.6 Å². The summed E-state index contributed by atoms with van der Waals surface area (Å²) in [4.78, 5) is 12.4. The first-order valence-corrected chi connectivity index (χ1v) is 8.04. The van der Waals surface area contributed by atoms with Gasteiger partial charge in [-0.05, 0) is 43.2 Å². The van der Waals surface area contributed by atoms with Crippen molar-refractivity contribution in [1.82, 2.24) is 9.78 Å². The highest BCUT2D eigenvalue weighted by atomic mass is 35.5. The Morgan fingerprint density at radius 1 is 1.17 bits per heavy atom. The lowest BCUT2D eigenvalue weighted by atomic mass is 10.1. The lowest BCUT2D eigenvalue weighted by Gasteiger charge is -2.06. The van der Waals surface area contributed by atoms with Crippen molar-refractivity contribution in [3.63, 3.8) is 0 Å². The van der Waals surface area contributed by atoms with Crippen LogP contribution in [0.3, 0.4) is 0 Å². The van der Waals surface area contributed by atoms with E-state index in [2.05, 4.69) is 10.4 Å². The molecule has 0 radical (unpaired) electrons. The van der Waals surface area contributed by atoms with Crippen molar-refractivity contribution in [1.29, 1.82) is 0 Å². The van der Waals surface area contributed by atoms with Gasteiger partial charge in [0.05, 0.1) is 18.4 Å². The molecule has 1 N–H and O–H groups in total. The molecule has 0 bridgehead atoms. The Hall–Kier alpha value is -2.59. The number of rotatable bonds is 4. The standard InChI is InChI=1S/C19H18ClN3O/c1-13-3-8-18(14(2)9-13)19(24)22-17-10-21-23(12-17)11-15-4-6-16(20)7-5-15/h3-10,12H,11H2,1-2H3,(H,22,24). The van der Waals surface area contributed by atoms with Crippen molar-refractivity contribution in [2.45, 2.75) is 20.4 Å². The number of nitrogens with one attached hydrogen (secondary N) is 1. The minimum Gasteiger partial charge on any atom is -0.319 e. The number of aryl methyl sites for hydroxylation is 2. The van der Waals surface area contributed by atoms with Crippen molar-refractivity contribution in [3.05, 3.63) is 82.1 Å². The molecule has 0 unspecified atom stereocenters. The quantitative estimate of drug-likeness (QED) is 0.763. The molecule has 0 saturated heterocycles. The van der Waals surface area contributed by atoms with Crippen LogP contribution in [0.5, 0.6) is 0 Å². The number of benzene rings is 2. The SMILES string of the molecule is Cc1ccc(C(=O)Nc2cnn(Cc3ccc(Cl)cc3)c2)c(C)c1. The van der Waals surface area contributed by atoms with Crippen molar-refractivity contribution in [3.8, 4) is 0 Å². The van der Waals surface area contributed by atoms with Crippen molar-refractivity contribution >= 4 is 23.2 Å². The molecule has 1 aromatic heterocycles. The Kier molecular flexibility index (Phi) is 4.67. The molecule has 24 heavy (non-hydrogen) atoms. The molecule has 1 heterocycles. The van der Waals surface area contributed by atoms with Gasteiger partial charge < -0.3 is 5.32 Å². The number of amides is 1. The van der Waals surface area contributed by atoms with Gasteiger partial charge in [-0.15, -0.1) is 0 Å². The lowest BCUT2D eigenvalue weighted by molar-refractivity contribution is 0.102. The fourth-order valence-corrected chi connectivity index (χ4v) is 2.68. The minimum absolute atomic E-state index is 0.126. The lowest BCUT2D eigenvalue weighted by Crippen LogP contribution is -2.13. The normalized spacial score (nSPS) is 10.6. The number of carbonyl (C=O) groups excluding carboxylic acids is 1. The van der Waals surface area contributed by atoms with Gasteiger partial charge in [0.2, 0.25) is 0 Å². The van der Waals surface area contributed by atoms with Crippen molar-refractivity contribution < 1.29 is 4.79 Å². The molecule has 0 spiro atoms. The zero-order valence-corrected chi connectivity index (χ0v) is 14.3. The van der Waals surface area contributed by atoms with Gasteiger partial charge in [0, 0.05) is 16.8 Å². The molecule has 1 amide bonds. The average Bonchev–Trinajstić information content (AvgIpc) is 2.96. The van der Waals surface area contributed by atoms with Gasteiger partial charge in [0.15, 0.2) is 0 Å². The monoisotopic (exact) mass is 339 g/mol. The summed E-state index contributed by atoms with van der Waals surface area (Å²) < 4.78 is 1.78. The molecule has 0 fully saturated rings. The molecule has 5 heteroatoms. The number of carbonyl (C=O) groups is 1. The molecular weight excluding hydrogens is 322 g/mol. The number of hydrogen-bond acceptors (Lipinski definition) is 2. The highest BCUT2D eigenvalue weighted by molar-refractivity contribution is 6.30. The molecule has 0 aliphatic rings. The first-order chi connectivity index (χ1) is 11.5. The zero-order valence-electron chi connectivity index (χ0n) is 13.6. The molecule has 2 aromatic carbocycles. The zero-order chi connectivity index (χ0) is 17.1. The Labute approximate surface area is 146 Å². The summed E-state index contributed by atoms with van der Waals surface area (Å²) in [5, 5.41) is 7.89. The Balaban J connectivity index is 1.69. The second kappa shape index (κ2) is 6.89. The Bertz CT molecular complexity index is 869. The van der Waals surface area contributed by atoms with Crippen LogP contribution < -0.4 is 5.32 Å². The van der Waals surface area contributed by atoms with E-state index in [0.717, 1.165) is 16.7 Å². The molecule has 3 aromatic rings. The van der Waals surface area contributed by atoms with Crippen molar-refractivity contribution in [2.24, 2.45) is 0 Å². The number of nitrogens with zero attached hydrogens (tertiary/aromatic N) is 2. The van der Waals surface area contributed by atoms with Crippen molar-refractivity contribution in [2.75, 3.05) is 5.32 Å². The summed E-state index contributed by atoms with van der Waals surface area (Å²) >= 11 is 5.89. The van der Waals surface area contributed by atoms with Gasteiger partial charge in [-0.3, -0.25) is 9.48 Å². The first kappa shape index (κ1) is 16.3. The maximum Gasteiger partial charge on any atom is 0.256 e. The van der Waals surface area contributed by atoms with Crippen LogP contribution in [-0.4, -0.2) is 15.7 Å². The third kappa shape index (κ3) is 3.84. The summed E-state index contributed by atoms with van der Waals surface area (Å²) in [7, 11) is 0. The third-order valence-corrected chi connectivity index (χ3v) is 4.03. The Morgan fingerprint density at radius 2 is 1.92 bits per heavy atom. The van der Waals surface area contributed by atoms with Crippen LogP contribution in [0.25, 0.3) is 0 Å². The van der Waals surface area contributed by atoms with Crippen LogP contribution >= 0.6 is 11.6 Å². The van der Waals surface area contributed by atoms with Crippen LogP contribution in [0.1, 0.15) is 27.0 Å². The topological polar surface area (TPSA) is 46.9 Å². The average molecular weight is 340 g/mol. The van der Waals surface area contributed by atoms with E-state index in [-0.39, 0.29) is 5.91 Å². The highest BCUT2D eigenvalue weighted by Crippen LogP contribution is 2.15. The second-order valence-electron chi connectivity index (χ2n) is 5.83. The fourth-order valence-electron chi connectivity index (χ4n) is 2.56. The highest BCUT2D eigenvalue weighted by Gasteiger charge is 2.10. The summed E-state index contributed by atoms with van der Waals surface area (Å²) in [5.74, 6) is -0.126. The fraction of sp³-hybridized carbons (Fsp3) is 0.158. The smallest absolute Gasteiger partial charge is 0.256 e. The van der Waals surface area contributed by atoms with Gasteiger partial charge in [-0.1, -0.05) is 41.4 Å². The van der Waals surface area contributed by atoms with E-state index in [1.165, 1.54) is 0 Å². The van der Waals surface area contributed by atoms with E-state index in [9.17, 15) is 4.79 Å². The van der Waals surface area contributed by atoms with E-state index < -0.39 is 0 Å². The van der Waals surface area contributed by atoms with Gasteiger partial charge in [-0.2, -0.15) is 5.10 Å². The number of aromatic nitrogens is 2. The number of halogens is 1. The van der Waals surface area contributed by atoms with E-state index in [0.29, 0.717) is 22.8 Å². The summed E-state index contributed by atoms with van der Waals surface area (Å²) in [6, 6.07) is 13.4. The van der Waals surface area contributed by atoms with E-state index in [1.54, 1.807) is 10.9 Å². The predicted molar refractivity (Wildman–Crippen MR) is 96.7 cm³/mol. The van der Waals surface area contributed by atoms with Gasteiger partial charge in [-0.25, -0.2) is 0 Å². The predicted octanol–water partition coefficient (Wildman–Crippen LogP) is 4.45. The van der Waals surface area contributed by atoms with E-state index in [1.807, 2.05) is 62.5 Å². The van der Waals surface area contributed by atoms with Crippen LogP contribution in [0.2, 0.25) is 5.02 Å². The van der Waals surface area contributed by atoms with Crippen LogP contribution in [0.4, 0.5) is 5.69 Å². The molecule has 0 aliphatic heterocycles. The second-order valence-corrected chi connectivity index (χ2v) is 6.26. The largest absolute Gasteiger partial charge is 0.319 e. The van der Waals surface area contributed by atoms with Gasteiger partial charge in [0.25, 0.3) is 5.91 Å². The summed E-state index contributed by atoms with van der Waals surface area (Å²) in [5.41, 5.74) is 4.54. The first-order valence-electron chi connectivity index (χ1n) is 7.67. The Morgan fingerprint density at radius 3 is 2.62 bits per heavy atom. The van der Waals surface area contributed by atoms with Crippen LogP contribution in [0.15, 0.2) is 54.9 Å². The summed E-state index contributed by atoms with van der Waals surface area (Å²) in [6.45, 7) is 4.57. The van der Waals surface area contributed by atoms with Gasteiger partial charge >= 0.3 is 0 Å². The molecule has 0 atom stereocenters. The summed E-state index contributed by atoms with van der Waals surface area (Å²) in [6.07, 6.45) is 3.47. The molecular formula is C19H18ClN3O. The van der Waals surface area contributed by atoms with Crippen LogP contribution in [-0.2, 0) is 6.54 Å². The van der Waals surface area contributed by atoms with E-state index >= 15 is 0 Å². The molecule has 122 valence electrons. The molecule has 4 nitrogen and oxygen atoms in total. The molecule has 3 rings (SSSR count). The molecule has 0 saturated carbocycles. The number of anilines is 1. The minimum atomic E-state index is -0.126. The van der Waals surface area contributed by atoms with Gasteiger partial charge in [0.1, 0.15) is 0 Å². The molecule has 0 aliphatic carbocycles. The maximum atomic E-state index is 12.4. The third-order valence-electron chi connectivity index (χ3n) is 3.78. The van der Waals surface area contributed by atoms with Crippen LogP contribution in [0, 0.1) is 13.8 Å².